The fraction of sp³-hybridized carbons (Fsp3) is 0.286. The van der Waals surface area contributed by atoms with Crippen LogP contribution in [0.25, 0.3) is 10.9 Å². The predicted octanol–water partition coefficient (Wildman–Crippen LogP) is 4.21. The van der Waals surface area contributed by atoms with Crippen molar-refractivity contribution in [3.05, 3.63) is 51.8 Å². The Labute approximate surface area is 183 Å². The van der Waals surface area contributed by atoms with E-state index in [4.69, 9.17) is 21.1 Å². The lowest BCUT2D eigenvalue weighted by molar-refractivity contribution is -0.115. The maximum atomic E-state index is 12.8. The van der Waals surface area contributed by atoms with Crippen LogP contribution in [0.15, 0.2) is 46.3 Å². The smallest absolute Gasteiger partial charge is 0.262 e. The van der Waals surface area contributed by atoms with Crippen LogP contribution in [-0.4, -0.2) is 34.9 Å². The number of carbonyl (C=O) groups is 1. The molecular formula is C21H22ClN3O4S. The first-order valence-electron chi connectivity index (χ1n) is 9.28. The SMILES string of the molecule is CCn1c(SC(C)C(=O)Nc2cc(Cl)c(OC)cc2OC)nc2ccccc2c1=O. The number of hydrogen-bond donors (Lipinski definition) is 1. The number of para-hydroxylation sites is 1. The molecule has 2 aromatic carbocycles. The van der Waals surface area contributed by atoms with Crippen LogP contribution >= 0.6 is 23.4 Å². The first kappa shape index (κ1) is 22.0. The Morgan fingerprint density at radius 3 is 2.60 bits per heavy atom. The molecule has 30 heavy (non-hydrogen) atoms. The van der Waals surface area contributed by atoms with E-state index in [0.717, 1.165) is 0 Å². The summed E-state index contributed by atoms with van der Waals surface area (Å²) in [4.78, 5) is 30.2. The van der Waals surface area contributed by atoms with Gasteiger partial charge in [0.25, 0.3) is 5.56 Å². The number of fused-ring (bicyclic) bond motifs is 1. The molecule has 0 fully saturated rings. The van der Waals surface area contributed by atoms with Gasteiger partial charge in [-0.3, -0.25) is 14.2 Å². The third-order valence-electron chi connectivity index (χ3n) is 4.53. The van der Waals surface area contributed by atoms with E-state index in [1.54, 1.807) is 35.8 Å². The minimum Gasteiger partial charge on any atom is -0.495 e. The second-order valence-electron chi connectivity index (χ2n) is 6.40. The van der Waals surface area contributed by atoms with E-state index in [9.17, 15) is 9.59 Å². The van der Waals surface area contributed by atoms with Gasteiger partial charge in [-0.25, -0.2) is 4.98 Å². The van der Waals surface area contributed by atoms with Gasteiger partial charge in [-0.05, 0) is 32.0 Å². The molecule has 9 heteroatoms. The normalized spacial score (nSPS) is 11.9. The minimum atomic E-state index is -0.526. The molecule has 1 aromatic heterocycles. The van der Waals surface area contributed by atoms with E-state index >= 15 is 0 Å². The number of anilines is 1. The van der Waals surface area contributed by atoms with Crippen LogP contribution in [0.4, 0.5) is 5.69 Å². The molecule has 0 spiro atoms. The number of aromatic nitrogens is 2. The van der Waals surface area contributed by atoms with Crippen molar-refractivity contribution in [2.75, 3.05) is 19.5 Å². The number of halogens is 1. The summed E-state index contributed by atoms with van der Waals surface area (Å²) in [7, 11) is 3.00. The standard InChI is InChI=1S/C21H22ClN3O4S/c1-5-25-20(27)13-8-6-7-9-15(13)24-21(25)30-12(2)19(26)23-16-10-14(22)17(28-3)11-18(16)29-4/h6-12H,5H2,1-4H3,(H,23,26). The molecular weight excluding hydrogens is 426 g/mol. The number of nitrogens with zero attached hydrogens (tertiary/aromatic N) is 2. The topological polar surface area (TPSA) is 82.5 Å². The van der Waals surface area contributed by atoms with Gasteiger partial charge in [0.15, 0.2) is 5.16 Å². The average molecular weight is 448 g/mol. The molecule has 0 aliphatic rings. The zero-order valence-electron chi connectivity index (χ0n) is 17.1. The predicted molar refractivity (Wildman–Crippen MR) is 120 cm³/mol. The fourth-order valence-electron chi connectivity index (χ4n) is 2.92. The molecule has 1 unspecified atom stereocenters. The molecule has 3 aromatic rings. The summed E-state index contributed by atoms with van der Waals surface area (Å²) in [5.74, 6) is 0.599. The molecule has 0 saturated carbocycles. The number of carbonyl (C=O) groups excluding carboxylic acids is 1. The van der Waals surface area contributed by atoms with Crippen LogP contribution < -0.4 is 20.3 Å². The number of ether oxygens (including phenoxy) is 2. The largest absolute Gasteiger partial charge is 0.495 e. The molecule has 0 aliphatic carbocycles. The second kappa shape index (κ2) is 9.40. The lowest BCUT2D eigenvalue weighted by Crippen LogP contribution is -2.26. The number of benzene rings is 2. The van der Waals surface area contributed by atoms with E-state index in [2.05, 4.69) is 10.3 Å². The molecule has 0 saturated heterocycles. The monoisotopic (exact) mass is 447 g/mol. The number of nitrogens with one attached hydrogen (secondary N) is 1. The fourth-order valence-corrected chi connectivity index (χ4v) is 4.13. The lowest BCUT2D eigenvalue weighted by Gasteiger charge is -2.17. The van der Waals surface area contributed by atoms with Crippen LogP contribution in [0.3, 0.4) is 0 Å². The Bertz CT molecular complexity index is 1150. The quantitative estimate of drug-likeness (QED) is 0.431. The highest BCUT2D eigenvalue weighted by Crippen LogP contribution is 2.36. The molecule has 0 aliphatic heterocycles. The van der Waals surface area contributed by atoms with Crippen LogP contribution in [-0.2, 0) is 11.3 Å². The van der Waals surface area contributed by atoms with E-state index in [1.807, 2.05) is 19.1 Å². The van der Waals surface area contributed by atoms with Crippen molar-refractivity contribution in [1.82, 2.24) is 9.55 Å². The Kier molecular flexibility index (Phi) is 6.89. The Hall–Kier alpha value is -2.71. The number of methoxy groups -OCH3 is 2. The van der Waals surface area contributed by atoms with Gasteiger partial charge in [0.1, 0.15) is 11.5 Å². The number of rotatable bonds is 7. The third kappa shape index (κ3) is 4.39. The van der Waals surface area contributed by atoms with Crippen LogP contribution in [0.1, 0.15) is 13.8 Å². The lowest BCUT2D eigenvalue weighted by atomic mass is 10.2. The van der Waals surface area contributed by atoms with Gasteiger partial charge in [0.2, 0.25) is 5.91 Å². The maximum Gasteiger partial charge on any atom is 0.262 e. The first-order valence-corrected chi connectivity index (χ1v) is 10.5. The van der Waals surface area contributed by atoms with Crippen molar-refractivity contribution in [3.8, 4) is 11.5 Å². The second-order valence-corrected chi connectivity index (χ2v) is 8.11. The maximum absolute atomic E-state index is 12.8. The molecule has 1 amide bonds. The molecule has 0 bridgehead atoms. The molecule has 158 valence electrons. The summed E-state index contributed by atoms with van der Waals surface area (Å²) in [6, 6.07) is 10.4. The Morgan fingerprint density at radius 2 is 1.93 bits per heavy atom. The van der Waals surface area contributed by atoms with Crippen LogP contribution in [0.2, 0.25) is 5.02 Å². The van der Waals surface area contributed by atoms with Crippen molar-refractivity contribution >= 4 is 45.9 Å². The molecule has 1 N–H and O–H groups in total. The van der Waals surface area contributed by atoms with E-state index in [1.165, 1.54) is 26.0 Å². The van der Waals surface area contributed by atoms with Crippen LogP contribution in [0, 0.1) is 0 Å². The third-order valence-corrected chi connectivity index (χ3v) is 5.91. The molecule has 0 radical (unpaired) electrons. The molecule has 1 heterocycles. The zero-order chi connectivity index (χ0) is 21.8. The highest BCUT2D eigenvalue weighted by molar-refractivity contribution is 8.00. The van der Waals surface area contributed by atoms with Crippen molar-refractivity contribution in [1.29, 1.82) is 0 Å². The van der Waals surface area contributed by atoms with Gasteiger partial charge in [-0.15, -0.1) is 0 Å². The molecule has 1 atom stereocenters. The van der Waals surface area contributed by atoms with Crippen LogP contribution in [0.5, 0.6) is 11.5 Å². The Morgan fingerprint density at radius 1 is 1.23 bits per heavy atom. The minimum absolute atomic E-state index is 0.123. The van der Waals surface area contributed by atoms with Gasteiger partial charge < -0.3 is 14.8 Å². The highest BCUT2D eigenvalue weighted by atomic mass is 35.5. The summed E-state index contributed by atoms with van der Waals surface area (Å²) < 4.78 is 12.1. The zero-order valence-corrected chi connectivity index (χ0v) is 18.6. The Balaban J connectivity index is 1.86. The van der Waals surface area contributed by atoms with E-state index < -0.39 is 5.25 Å². The first-order chi connectivity index (χ1) is 14.4. The van der Waals surface area contributed by atoms with Crippen molar-refractivity contribution in [3.63, 3.8) is 0 Å². The van der Waals surface area contributed by atoms with Gasteiger partial charge in [0, 0.05) is 12.6 Å². The number of hydrogen-bond acceptors (Lipinski definition) is 6. The number of thioether (sulfide) groups is 1. The van der Waals surface area contributed by atoms with E-state index in [-0.39, 0.29) is 11.5 Å². The highest BCUT2D eigenvalue weighted by Gasteiger charge is 2.21. The van der Waals surface area contributed by atoms with Gasteiger partial charge >= 0.3 is 0 Å². The summed E-state index contributed by atoms with van der Waals surface area (Å²) in [6.45, 7) is 4.07. The van der Waals surface area contributed by atoms with Crippen molar-refractivity contribution in [2.45, 2.75) is 30.8 Å². The van der Waals surface area contributed by atoms with E-state index in [0.29, 0.717) is 44.8 Å². The van der Waals surface area contributed by atoms with Gasteiger partial charge in [-0.1, -0.05) is 35.5 Å². The summed E-state index contributed by atoms with van der Waals surface area (Å²) in [5.41, 5.74) is 0.910. The summed E-state index contributed by atoms with van der Waals surface area (Å²) >= 11 is 7.40. The number of amides is 1. The van der Waals surface area contributed by atoms with Crippen molar-refractivity contribution in [2.24, 2.45) is 0 Å². The summed E-state index contributed by atoms with van der Waals surface area (Å²) in [6.07, 6.45) is 0. The average Bonchev–Trinajstić information content (AvgIpc) is 2.74. The van der Waals surface area contributed by atoms with Gasteiger partial charge in [-0.2, -0.15) is 0 Å². The molecule has 7 nitrogen and oxygen atoms in total. The summed E-state index contributed by atoms with van der Waals surface area (Å²) in [5, 5.41) is 3.69. The van der Waals surface area contributed by atoms with Crippen molar-refractivity contribution < 1.29 is 14.3 Å². The molecule has 3 rings (SSSR count). The van der Waals surface area contributed by atoms with Gasteiger partial charge in [0.05, 0.1) is 41.1 Å².